The Morgan fingerprint density at radius 3 is 2.54 bits per heavy atom. The Morgan fingerprint density at radius 2 is 1.95 bits per heavy atom. The molecule has 2 aromatic carbocycles. The van der Waals surface area contributed by atoms with Gasteiger partial charge in [0, 0.05) is 10.9 Å². The Balaban J connectivity index is 1.66. The number of carbonyl (C=O) groups is 1. The molecule has 1 aliphatic rings. The summed E-state index contributed by atoms with van der Waals surface area (Å²) in [6, 6.07) is 6.36. The van der Waals surface area contributed by atoms with Crippen LogP contribution in [0, 0.1) is 11.6 Å². The van der Waals surface area contributed by atoms with E-state index in [-0.39, 0.29) is 26.4 Å². The minimum atomic E-state index is -4.84. The summed E-state index contributed by atoms with van der Waals surface area (Å²) in [6.45, 7) is 4.67. The van der Waals surface area contributed by atoms with Crippen LogP contribution < -0.4 is 15.4 Å². The van der Waals surface area contributed by atoms with Crippen LogP contribution in [0.1, 0.15) is 56.8 Å². The van der Waals surface area contributed by atoms with Gasteiger partial charge in [0.15, 0.2) is 5.82 Å². The molecule has 37 heavy (non-hydrogen) atoms. The fraction of sp³-hybridized carbons (Fsp3) is 0.333. The van der Waals surface area contributed by atoms with Crippen molar-refractivity contribution in [3.05, 3.63) is 69.0 Å². The summed E-state index contributed by atoms with van der Waals surface area (Å²) in [5, 5.41) is 3.83. The summed E-state index contributed by atoms with van der Waals surface area (Å²) >= 11 is 7.33. The average Bonchev–Trinajstić information content (AvgIpc) is 3.50. The van der Waals surface area contributed by atoms with E-state index in [0.29, 0.717) is 5.92 Å². The molecule has 1 atom stereocenters. The topological polar surface area (TPSA) is 115 Å². The van der Waals surface area contributed by atoms with Crippen molar-refractivity contribution in [1.82, 2.24) is 4.98 Å². The van der Waals surface area contributed by atoms with Gasteiger partial charge in [0.2, 0.25) is 0 Å². The predicted octanol–water partition coefficient (Wildman–Crippen LogP) is 6.15. The molecule has 1 fully saturated rings. The van der Waals surface area contributed by atoms with E-state index >= 15 is 4.39 Å². The van der Waals surface area contributed by atoms with E-state index < -0.39 is 44.4 Å². The smallest absolute Gasteiger partial charge is 0.430 e. The SMILES string of the molecule is CC(C)(C)OC(=O)N(c1cscn1)S(=O)(=O)c1cc(Cl)c(N[C@@H](N)c2cc(C3CC3)ccc2F)cc1F. The molecule has 13 heteroatoms. The predicted molar refractivity (Wildman–Crippen MR) is 138 cm³/mol. The summed E-state index contributed by atoms with van der Waals surface area (Å²) in [5.41, 5.74) is 7.49. The molecule has 1 aromatic heterocycles. The van der Waals surface area contributed by atoms with Crippen molar-refractivity contribution in [2.75, 3.05) is 9.62 Å². The zero-order valence-electron chi connectivity index (χ0n) is 20.2. The number of carbonyl (C=O) groups excluding carboxylic acids is 1. The number of aromatic nitrogens is 1. The van der Waals surface area contributed by atoms with E-state index in [2.05, 4.69) is 10.3 Å². The monoisotopic (exact) mass is 570 g/mol. The molecule has 0 radical (unpaired) electrons. The van der Waals surface area contributed by atoms with Gasteiger partial charge in [0.25, 0.3) is 10.0 Å². The number of nitrogens with one attached hydrogen (secondary N) is 1. The van der Waals surface area contributed by atoms with Gasteiger partial charge in [0.1, 0.15) is 28.3 Å². The number of hydrogen-bond acceptors (Lipinski definition) is 8. The first-order chi connectivity index (χ1) is 17.3. The maximum atomic E-state index is 15.3. The van der Waals surface area contributed by atoms with Crippen LogP contribution in [0.3, 0.4) is 0 Å². The number of anilines is 2. The summed E-state index contributed by atoms with van der Waals surface area (Å²) in [6.07, 6.45) is -0.320. The minimum Gasteiger partial charge on any atom is -0.443 e. The van der Waals surface area contributed by atoms with Gasteiger partial charge in [-0.3, -0.25) is 0 Å². The van der Waals surface area contributed by atoms with Crippen molar-refractivity contribution in [3.63, 3.8) is 0 Å². The number of halogens is 3. The van der Waals surface area contributed by atoms with Crippen LogP contribution in [0.15, 0.2) is 46.1 Å². The fourth-order valence-electron chi connectivity index (χ4n) is 3.58. The number of rotatable bonds is 7. The van der Waals surface area contributed by atoms with Gasteiger partial charge in [-0.15, -0.1) is 15.6 Å². The first-order valence-corrected chi connectivity index (χ1v) is 14.0. The lowest BCUT2D eigenvalue weighted by molar-refractivity contribution is 0.0608. The van der Waals surface area contributed by atoms with Gasteiger partial charge >= 0.3 is 6.09 Å². The number of thiazole rings is 1. The maximum absolute atomic E-state index is 15.3. The minimum absolute atomic E-state index is 0.0562. The normalized spacial score (nSPS) is 14.8. The van der Waals surface area contributed by atoms with Crippen molar-refractivity contribution >= 4 is 50.6 Å². The molecule has 0 spiro atoms. The van der Waals surface area contributed by atoms with Crippen molar-refractivity contribution in [3.8, 4) is 0 Å². The second-order valence-electron chi connectivity index (χ2n) is 9.54. The Morgan fingerprint density at radius 1 is 1.24 bits per heavy atom. The molecule has 0 unspecified atom stereocenters. The summed E-state index contributed by atoms with van der Waals surface area (Å²) in [7, 11) is -4.84. The lowest BCUT2D eigenvalue weighted by atomic mass is 10.0. The zero-order chi connectivity index (χ0) is 27.1. The van der Waals surface area contributed by atoms with Crippen molar-refractivity contribution in [2.24, 2.45) is 5.73 Å². The largest absolute Gasteiger partial charge is 0.443 e. The van der Waals surface area contributed by atoms with Crippen LogP contribution in [0.25, 0.3) is 0 Å². The molecule has 0 saturated heterocycles. The molecule has 1 saturated carbocycles. The molecule has 198 valence electrons. The summed E-state index contributed by atoms with van der Waals surface area (Å²) < 4.78 is 62.1. The highest BCUT2D eigenvalue weighted by Crippen LogP contribution is 2.41. The van der Waals surface area contributed by atoms with Crippen molar-refractivity contribution in [1.29, 1.82) is 0 Å². The quantitative estimate of drug-likeness (QED) is 0.327. The molecule has 3 N–H and O–H groups in total. The van der Waals surface area contributed by atoms with E-state index in [0.717, 1.165) is 41.9 Å². The van der Waals surface area contributed by atoms with E-state index in [1.165, 1.54) is 17.0 Å². The third kappa shape index (κ3) is 6.03. The third-order valence-corrected chi connectivity index (χ3v) is 8.01. The molecule has 0 bridgehead atoms. The van der Waals surface area contributed by atoms with Gasteiger partial charge < -0.3 is 15.8 Å². The van der Waals surface area contributed by atoms with Gasteiger partial charge in [0.05, 0.1) is 16.2 Å². The lowest BCUT2D eigenvalue weighted by Crippen LogP contribution is -2.41. The van der Waals surface area contributed by atoms with Crippen LogP contribution >= 0.6 is 22.9 Å². The Hall–Kier alpha value is -2.80. The fourth-order valence-corrected chi connectivity index (χ4v) is 5.79. The highest BCUT2D eigenvalue weighted by Gasteiger charge is 2.38. The first-order valence-electron chi connectivity index (χ1n) is 11.2. The van der Waals surface area contributed by atoms with Gasteiger partial charge in [-0.1, -0.05) is 17.7 Å². The maximum Gasteiger partial charge on any atom is 0.430 e. The summed E-state index contributed by atoms with van der Waals surface area (Å²) in [5.74, 6) is -1.65. The molecular formula is C24H25ClF2N4O4S2. The van der Waals surface area contributed by atoms with Gasteiger partial charge in [-0.05, 0) is 69.4 Å². The highest BCUT2D eigenvalue weighted by molar-refractivity contribution is 7.93. The van der Waals surface area contributed by atoms with E-state index in [9.17, 15) is 17.6 Å². The molecule has 0 aliphatic heterocycles. The van der Waals surface area contributed by atoms with E-state index in [1.807, 2.05) is 0 Å². The van der Waals surface area contributed by atoms with Crippen LogP contribution in [-0.4, -0.2) is 25.1 Å². The number of ether oxygens (including phenoxy) is 1. The van der Waals surface area contributed by atoms with Crippen molar-refractivity contribution in [2.45, 2.75) is 56.2 Å². The number of sulfonamides is 1. The Labute approximate surface area is 222 Å². The second kappa shape index (κ2) is 10.2. The first kappa shape index (κ1) is 27.2. The highest BCUT2D eigenvalue weighted by atomic mass is 35.5. The number of nitrogens with two attached hydrogens (primary N) is 1. The lowest BCUT2D eigenvalue weighted by Gasteiger charge is -2.26. The van der Waals surface area contributed by atoms with Crippen LogP contribution in [0.2, 0.25) is 5.02 Å². The molecule has 3 aromatic rings. The number of nitrogens with zero attached hydrogens (tertiary/aromatic N) is 2. The molecule has 1 heterocycles. The van der Waals surface area contributed by atoms with Crippen molar-refractivity contribution < 1.29 is 26.7 Å². The number of benzene rings is 2. The zero-order valence-corrected chi connectivity index (χ0v) is 22.6. The molecular weight excluding hydrogens is 546 g/mol. The van der Waals surface area contributed by atoms with Crippen LogP contribution in [0.4, 0.5) is 25.1 Å². The van der Waals surface area contributed by atoms with Crippen LogP contribution in [-0.2, 0) is 14.8 Å². The van der Waals surface area contributed by atoms with E-state index in [4.69, 9.17) is 22.1 Å². The molecule has 4 rings (SSSR count). The average molecular weight is 571 g/mol. The second-order valence-corrected chi connectivity index (χ2v) is 12.4. The Kier molecular flexibility index (Phi) is 7.48. The Bertz CT molecular complexity index is 1430. The van der Waals surface area contributed by atoms with Gasteiger partial charge in [-0.25, -0.2) is 27.0 Å². The third-order valence-electron chi connectivity index (χ3n) is 5.44. The number of hydrogen-bond donors (Lipinski definition) is 2. The van der Waals surface area contributed by atoms with Crippen LogP contribution in [0.5, 0.6) is 0 Å². The molecule has 1 amide bonds. The van der Waals surface area contributed by atoms with Gasteiger partial charge in [-0.2, -0.15) is 0 Å². The molecule has 8 nitrogen and oxygen atoms in total. The standard InChI is InChI=1S/C24H25ClF2N4O4S2/c1-24(2,3)35-23(32)31(21-11-36-12-29-21)37(33,34)20-9-16(25)19(10-18(20)27)30-22(28)15-8-14(13-4-5-13)6-7-17(15)26/h6-13,22,30H,4-5,28H2,1-3H3/t22-/m1/s1. The number of amides is 1. The summed E-state index contributed by atoms with van der Waals surface area (Å²) in [4.78, 5) is 15.8. The molecule has 1 aliphatic carbocycles. The van der Waals surface area contributed by atoms with E-state index in [1.54, 1.807) is 32.9 Å².